The zero-order valence-corrected chi connectivity index (χ0v) is 9.59. The molecule has 4 nitrogen and oxygen atoms in total. The molecule has 0 saturated carbocycles. The van der Waals surface area contributed by atoms with Gasteiger partial charge < -0.3 is 10.1 Å². The van der Waals surface area contributed by atoms with Crippen LogP contribution in [0.4, 0.5) is 0 Å². The average Bonchev–Trinajstić information content (AvgIpc) is 2.25. The molecule has 0 bridgehead atoms. The lowest BCUT2D eigenvalue weighted by Gasteiger charge is -2.07. The van der Waals surface area contributed by atoms with Crippen LogP contribution in [0.3, 0.4) is 0 Å². The number of aliphatic hydroxyl groups excluding tert-OH is 1. The van der Waals surface area contributed by atoms with Crippen LogP contribution in [0.25, 0.3) is 11.0 Å². The number of aryl methyl sites for hydroxylation is 2. The molecule has 2 heterocycles. The maximum Gasteiger partial charge on any atom is 0.194 e. The monoisotopic (exact) mass is 218 g/mol. The Kier molecular flexibility index (Phi) is 2.52. The third kappa shape index (κ3) is 1.51. The molecule has 0 aromatic carbocycles. The Balaban J connectivity index is 2.96. The van der Waals surface area contributed by atoms with Crippen molar-refractivity contribution < 1.29 is 5.11 Å². The van der Waals surface area contributed by atoms with Gasteiger partial charge in [0, 0.05) is 11.3 Å². The molecule has 0 radical (unpaired) electrons. The van der Waals surface area contributed by atoms with Gasteiger partial charge in [-0.15, -0.1) is 0 Å². The van der Waals surface area contributed by atoms with Gasteiger partial charge in [0.1, 0.15) is 5.65 Å². The first-order chi connectivity index (χ1) is 7.54. The number of fused-ring (bicyclic) bond motifs is 1. The van der Waals surface area contributed by atoms with Crippen molar-refractivity contribution in [2.75, 3.05) is 0 Å². The molecule has 4 heteroatoms. The van der Waals surface area contributed by atoms with E-state index in [9.17, 15) is 4.79 Å². The minimum atomic E-state index is -0.119. The molecule has 16 heavy (non-hydrogen) atoms. The van der Waals surface area contributed by atoms with Crippen LogP contribution in [-0.2, 0) is 6.61 Å². The number of H-pyrrole nitrogens is 1. The number of nitrogens with one attached hydrogen (secondary N) is 1. The largest absolute Gasteiger partial charge is 0.390 e. The van der Waals surface area contributed by atoms with E-state index in [0.29, 0.717) is 22.3 Å². The lowest BCUT2D eigenvalue weighted by molar-refractivity contribution is 0.277. The lowest BCUT2D eigenvalue weighted by Crippen LogP contribution is -2.12. The molecule has 0 amide bonds. The van der Waals surface area contributed by atoms with Crippen molar-refractivity contribution >= 4 is 11.0 Å². The molecule has 2 aromatic heterocycles. The van der Waals surface area contributed by atoms with Gasteiger partial charge in [0.25, 0.3) is 0 Å². The van der Waals surface area contributed by atoms with Crippen molar-refractivity contribution in [3.8, 4) is 0 Å². The second-order valence-corrected chi connectivity index (χ2v) is 4.02. The smallest absolute Gasteiger partial charge is 0.194 e. The molecule has 0 fully saturated rings. The fourth-order valence-electron chi connectivity index (χ4n) is 1.83. The molecule has 0 aliphatic heterocycles. The van der Waals surface area contributed by atoms with E-state index in [1.54, 1.807) is 13.0 Å². The summed E-state index contributed by atoms with van der Waals surface area (Å²) >= 11 is 0. The Labute approximate surface area is 93.0 Å². The van der Waals surface area contributed by atoms with E-state index in [2.05, 4.69) is 9.97 Å². The minimum absolute atomic E-state index is 0.0146. The van der Waals surface area contributed by atoms with Crippen molar-refractivity contribution in [1.82, 2.24) is 9.97 Å². The second kappa shape index (κ2) is 3.72. The summed E-state index contributed by atoms with van der Waals surface area (Å²) in [5.41, 5.74) is 3.52. The summed E-state index contributed by atoms with van der Waals surface area (Å²) < 4.78 is 0. The van der Waals surface area contributed by atoms with Crippen LogP contribution in [0.5, 0.6) is 0 Å². The highest BCUT2D eigenvalue weighted by molar-refractivity contribution is 5.79. The van der Waals surface area contributed by atoms with Crippen LogP contribution in [-0.4, -0.2) is 15.1 Å². The predicted octanol–water partition coefficient (Wildman–Crippen LogP) is 1.34. The molecule has 0 spiro atoms. The number of aromatic amines is 1. The van der Waals surface area contributed by atoms with Crippen molar-refractivity contribution in [2.24, 2.45) is 0 Å². The Morgan fingerprint density at radius 3 is 2.69 bits per heavy atom. The Morgan fingerprint density at radius 1 is 1.38 bits per heavy atom. The van der Waals surface area contributed by atoms with Crippen LogP contribution in [0.1, 0.15) is 22.5 Å². The summed E-state index contributed by atoms with van der Waals surface area (Å²) in [6, 6.07) is 1.74. The van der Waals surface area contributed by atoms with Crippen molar-refractivity contribution in [1.29, 1.82) is 0 Å². The van der Waals surface area contributed by atoms with Gasteiger partial charge in [0.15, 0.2) is 5.43 Å². The Morgan fingerprint density at radius 2 is 2.06 bits per heavy atom. The van der Waals surface area contributed by atoms with Gasteiger partial charge in [-0.1, -0.05) is 0 Å². The number of aliphatic hydroxyl groups is 1. The maximum atomic E-state index is 12.0. The molecule has 0 unspecified atom stereocenters. The van der Waals surface area contributed by atoms with E-state index < -0.39 is 0 Å². The van der Waals surface area contributed by atoms with Crippen LogP contribution >= 0.6 is 0 Å². The standard InChI is InChI=1S/C12H14N2O2/c1-6-4-9(5-15)14-12-10(6)11(16)7(2)8(3)13-12/h4,15H,5H2,1-3H3,(H,13,14,16). The first-order valence-electron chi connectivity index (χ1n) is 5.15. The first-order valence-corrected chi connectivity index (χ1v) is 5.15. The molecule has 0 aliphatic carbocycles. The van der Waals surface area contributed by atoms with E-state index in [0.717, 1.165) is 11.3 Å². The molecular weight excluding hydrogens is 204 g/mol. The van der Waals surface area contributed by atoms with Gasteiger partial charge in [-0.3, -0.25) is 4.79 Å². The predicted molar refractivity (Wildman–Crippen MR) is 62.5 cm³/mol. The Bertz CT molecular complexity index is 614. The van der Waals surface area contributed by atoms with Crippen LogP contribution in [0.2, 0.25) is 0 Å². The average molecular weight is 218 g/mol. The van der Waals surface area contributed by atoms with Crippen molar-refractivity contribution in [2.45, 2.75) is 27.4 Å². The topological polar surface area (TPSA) is 66.0 Å². The second-order valence-electron chi connectivity index (χ2n) is 4.02. The van der Waals surface area contributed by atoms with Crippen LogP contribution in [0.15, 0.2) is 10.9 Å². The van der Waals surface area contributed by atoms with E-state index >= 15 is 0 Å². The summed E-state index contributed by atoms with van der Waals surface area (Å²) in [5.74, 6) is 0. The number of hydrogen-bond acceptors (Lipinski definition) is 3. The molecule has 2 aromatic rings. The molecule has 2 N–H and O–H groups in total. The zero-order chi connectivity index (χ0) is 11.9. The maximum absolute atomic E-state index is 12.0. The van der Waals surface area contributed by atoms with Crippen molar-refractivity contribution in [3.63, 3.8) is 0 Å². The lowest BCUT2D eigenvalue weighted by atomic mass is 10.1. The molecule has 84 valence electrons. The van der Waals surface area contributed by atoms with Gasteiger partial charge in [-0.25, -0.2) is 4.98 Å². The van der Waals surface area contributed by atoms with Gasteiger partial charge in [-0.05, 0) is 32.4 Å². The Hall–Kier alpha value is -1.68. The fourth-order valence-corrected chi connectivity index (χ4v) is 1.83. The quantitative estimate of drug-likeness (QED) is 0.759. The minimum Gasteiger partial charge on any atom is -0.390 e. The van der Waals surface area contributed by atoms with Gasteiger partial charge in [0.05, 0.1) is 17.7 Å². The summed E-state index contributed by atoms with van der Waals surface area (Å²) in [7, 11) is 0. The number of pyridine rings is 2. The van der Waals surface area contributed by atoms with Crippen molar-refractivity contribution in [3.05, 3.63) is 38.8 Å². The SMILES string of the molecule is Cc1[nH]c2nc(CO)cc(C)c2c(=O)c1C. The van der Waals surface area contributed by atoms with E-state index in [4.69, 9.17) is 5.11 Å². The highest BCUT2D eigenvalue weighted by atomic mass is 16.3. The van der Waals surface area contributed by atoms with E-state index in [-0.39, 0.29) is 12.0 Å². The summed E-state index contributed by atoms with van der Waals surface area (Å²) in [5, 5.41) is 9.67. The molecule has 0 saturated heterocycles. The zero-order valence-electron chi connectivity index (χ0n) is 9.59. The third-order valence-corrected chi connectivity index (χ3v) is 2.87. The number of rotatable bonds is 1. The van der Waals surface area contributed by atoms with Gasteiger partial charge in [0.2, 0.25) is 0 Å². The van der Waals surface area contributed by atoms with Gasteiger partial charge >= 0.3 is 0 Å². The highest BCUT2D eigenvalue weighted by Crippen LogP contribution is 2.14. The molecular formula is C12H14N2O2. The van der Waals surface area contributed by atoms with E-state index in [1.807, 2.05) is 13.8 Å². The van der Waals surface area contributed by atoms with Gasteiger partial charge in [-0.2, -0.15) is 0 Å². The summed E-state index contributed by atoms with van der Waals surface area (Å²) in [4.78, 5) is 19.4. The summed E-state index contributed by atoms with van der Waals surface area (Å²) in [6.07, 6.45) is 0. The number of aromatic nitrogens is 2. The highest BCUT2D eigenvalue weighted by Gasteiger charge is 2.10. The van der Waals surface area contributed by atoms with Crippen LogP contribution < -0.4 is 5.43 Å². The molecule has 0 aliphatic rings. The van der Waals surface area contributed by atoms with Crippen LogP contribution in [0, 0.1) is 20.8 Å². The molecule has 2 rings (SSSR count). The number of hydrogen-bond donors (Lipinski definition) is 2. The third-order valence-electron chi connectivity index (χ3n) is 2.87. The summed E-state index contributed by atoms with van der Waals surface area (Å²) in [6.45, 7) is 5.38. The van der Waals surface area contributed by atoms with E-state index in [1.165, 1.54) is 0 Å². The fraction of sp³-hybridized carbons (Fsp3) is 0.333. The molecule has 0 atom stereocenters. The first kappa shape index (κ1) is 10.8. The normalized spacial score (nSPS) is 11.0. The number of nitrogens with zero attached hydrogens (tertiary/aromatic N) is 1.